The average molecular weight is 388 g/mol. The lowest BCUT2D eigenvalue weighted by atomic mass is 10.1. The molecule has 0 atom stereocenters. The number of nitrogens with zero attached hydrogens (tertiary/aromatic N) is 5. The number of aromatic nitrogens is 4. The number of H-pyrrole nitrogens is 1. The molecule has 0 bridgehead atoms. The highest BCUT2D eigenvalue weighted by atomic mass is 16.2. The number of hydrogen-bond acceptors (Lipinski definition) is 5. The lowest BCUT2D eigenvalue weighted by Crippen LogP contribution is -2.47. The molecule has 3 heterocycles. The Hall–Kier alpha value is -3.52. The molecule has 1 saturated heterocycles. The van der Waals surface area contributed by atoms with Crippen molar-refractivity contribution in [1.29, 1.82) is 0 Å². The maximum Gasteiger partial charge on any atom is 0.294 e. The number of rotatable bonds is 2. The minimum absolute atomic E-state index is 0.00585. The standard InChI is InChI=1S/C21H20N6O2/c1-25-9-11-26(12-10-25)21(29)15-7-8-16-17(13-15)27-18(14-5-3-2-4-6-14)23-24-19(27)20(28)22-16/h2-8,13H,9-12H2,1H3,(H,22,28). The molecule has 2 aromatic heterocycles. The second-order valence-electron chi connectivity index (χ2n) is 7.33. The van der Waals surface area contributed by atoms with E-state index in [9.17, 15) is 9.59 Å². The molecule has 0 spiro atoms. The van der Waals surface area contributed by atoms with E-state index < -0.39 is 0 Å². The van der Waals surface area contributed by atoms with Crippen molar-refractivity contribution < 1.29 is 4.79 Å². The van der Waals surface area contributed by atoms with Gasteiger partial charge in [-0.05, 0) is 25.2 Å². The summed E-state index contributed by atoms with van der Waals surface area (Å²) >= 11 is 0. The van der Waals surface area contributed by atoms with E-state index in [-0.39, 0.29) is 17.1 Å². The molecule has 8 heteroatoms. The number of likely N-dealkylation sites (N-methyl/N-ethyl adjacent to an activating group) is 1. The summed E-state index contributed by atoms with van der Waals surface area (Å²) in [5, 5.41) is 8.33. The Bertz CT molecular complexity index is 1270. The van der Waals surface area contributed by atoms with Gasteiger partial charge in [-0.25, -0.2) is 0 Å². The molecule has 5 rings (SSSR count). The number of benzene rings is 2. The van der Waals surface area contributed by atoms with E-state index in [2.05, 4.69) is 27.1 Å². The normalized spacial score (nSPS) is 15.3. The number of hydrogen-bond donors (Lipinski definition) is 1. The molecular weight excluding hydrogens is 368 g/mol. The second-order valence-corrected chi connectivity index (χ2v) is 7.33. The summed E-state index contributed by atoms with van der Waals surface area (Å²) in [6.07, 6.45) is 0. The maximum absolute atomic E-state index is 13.0. The van der Waals surface area contributed by atoms with Gasteiger partial charge in [-0.15, -0.1) is 10.2 Å². The zero-order valence-electron chi connectivity index (χ0n) is 16.0. The Kier molecular flexibility index (Phi) is 4.13. The average Bonchev–Trinajstić information content (AvgIpc) is 3.20. The molecular formula is C21H20N6O2. The van der Waals surface area contributed by atoms with Crippen LogP contribution in [0.3, 0.4) is 0 Å². The summed E-state index contributed by atoms with van der Waals surface area (Å²) in [7, 11) is 2.06. The Morgan fingerprint density at radius 2 is 1.76 bits per heavy atom. The van der Waals surface area contributed by atoms with Crippen LogP contribution in [0.4, 0.5) is 0 Å². The summed E-state index contributed by atoms with van der Waals surface area (Å²) < 4.78 is 1.73. The van der Waals surface area contributed by atoms with Gasteiger partial charge in [-0.3, -0.25) is 14.0 Å². The third kappa shape index (κ3) is 2.98. The highest BCUT2D eigenvalue weighted by Gasteiger charge is 2.22. The highest BCUT2D eigenvalue weighted by Crippen LogP contribution is 2.22. The van der Waals surface area contributed by atoms with Gasteiger partial charge in [-0.2, -0.15) is 0 Å². The van der Waals surface area contributed by atoms with Crippen molar-refractivity contribution in [1.82, 2.24) is 29.4 Å². The molecule has 0 aliphatic carbocycles. The number of amides is 1. The number of aromatic amines is 1. The van der Waals surface area contributed by atoms with E-state index in [1.807, 2.05) is 41.3 Å². The van der Waals surface area contributed by atoms with Crippen LogP contribution in [0.15, 0.2) is 53.3 Å². The van der Waals surface area contributed by atoms with Gasteiger partial charge in [0.25, 0.3) is 11.5 Å². The number of fused-ring (bicyclic) bond motifs is 3. The Morgan fingerprint density at radius 1 is 1.00 bits per heavy atom. The van der Waals surface area contributed by atoms with Crippen LogP contribution in [0, 0.1) is 0 Å². The Morgan fingerprint density at radius 3 is 2.52 bits per heavy atom. The predicted molar refractivity (Wildman–Crippen MR) is 110 cm³/mol. The first-order valence-corrected chi connectivity index (χ1v) is 9.56. The third-order valence-corrected chi connectivity index (χ3v) is 5.42. The number of carbonyl (C=O) groups is 1. The zero-order valence-corrected chi connectivity index (χ0v) is 16.0. The van der Waals surface area contributed by atoms with Gasteiger partial charge in [0.05, 0.1) is 11.0 Å². The summed E-state index contributed by atoms with van der Waals surface area (Å²) in [5.41, 5.74) is 2.66. The third-order valence-electron chi connectivity index (χ3n) is 5.42. The highest BCUT2D eigenvalue weighted by molar-refractivity contribution is 5.98. The first-order valence-electron chi connectivity index (χ1n) is 9.56. The van der Waals surface area contributed by atoms with E-state index in [0.717, 1.165) is 18.7 Å². The first-order chi connectivity index (χ1) is 14.1. The van der Waals surface area contributed by atoms with Crippen molar-refractivity contribution in [3.05, 3.63) is 64.4 Å². The van der Waals surface area contributed by atoms with Crippen LogP contribution in [0.25, 0.3) is 28.1 Å². The number of carbonyl (C=O) groups excluding carboxylic acids is 1. The quantitative estimate of drug-likeness (QED) is 0.564. The topological polar surface area (TPSA) is 86.6 Å². The van der Waals surface area contributed by atoms with Crippen LogP contribution in [0.1, 0.15) is 10.4 Å². The maximum atomic E-state index is 13.0. The molecule has 1 aliphatic heterocycles. The Labute approximate surface area is 166 Å². The van der Waals surface area contributed by atoms with E-state index >= 15 is 0 Å². The molecule has 29 heavy (non-hydrogen) atoms. The van der Waals surface area contributed by atoms with Crippen molar-refractivity contribution in [2.75, 3.05) is 33.2 Å². The fraction of sp³-hybridized carbons (Fsp3) is 0.238. The van der Waals surface area contributed by atoms with Crippen LogP contribution < -0.4 is 5.56 Å². The van der Waals surface area contributed by atoms with Crippen molar-refractivity contribution in [2.24, 2.45) is 0 Å². The SMILES string of the molecule is CN1CCN(C(=O)c2ccc3[nH]c(=O)c4nnc(-c5ccccc5)n4c3c2)CC1. The van der Waals surface area contributed by atoms with E-state index in [0.29, 0.717) is 35.5 Å². The van der Waals surface area contributed by atoms with Crippen molar-refractivity contribution in [3.63, 3.8) is 0 Å². The van der Waals surface area contributed by atoms with Crippen molar-refractivity contribution in [3.8, 4) is 11.4 Å². The van der Waals surface area contributed by atoms with Gasteiger partial charge in [0.2, 0.25) is 5.65 Å². The van der Waals surface area contributed by atoms with Crippen LogP contribution in [0.5, 0.6) is 0 Å². The molecule has 1 aliphatic rings. The van der Waals surface area contributed by atoms with Gasteiger partial charge in [0.15, 0.2) is 5.82 Å². The zero-order chi connectivity index (χ0) is 20.0. The minimum atomic E-state index is -0.315. The number of nitrogens with one attached hydrogen (secondary N) is 1. The van der Waals surface area contributed by atoms with E-state index in [1.165, 1.54) is 0 Å². The summed E-state index contributed by atoms with van der Waals surface area (Å²) in [6.45, 7) is 3.13. The van der Waals surface area contributed by atoms with Gasteiger partial charge in [-0.1, -0.05) is 30.3 Å². The van der Waals surface area contributed by atoms with Crippen LogP contribution in [0.2, 0.25) is 0 Å². The van der Waals surface area contributed by atoms with Gasteiger partial charge < -0.3 is 14.8 Å². The second kappa shape index (κ2) is 6.82. The first kappa shape index (κ1) is 17.6. The van der Waals surface area contributed by atoms with Crippen LogP contribution in [-0.4, -0.2) is 68.5 Å². The Balaban J connectivity index is 1.67. The smallest absolute Gasteiger partial charge is 0.294 e. The fourth-order valence-electron chi connectivity index (χ4n) is 3.76. The van der Waals surface area contributed by atoms with Gasteiger partial charge in [0.1, 0.15) is 0 Å². The molecule has 1 fully saturated rings. The monoisotopic (exact) mass is 388 g/mol. The molecule has 0 saturated carbocycles. The minimum Gasteiger partial charge on any atom is -0.336 e. The van der Waals surface area contributed by atoms with E-state index in [4.69, 9.17) is 0 Å². The van der Waals surface area contributed by atoms with Crippen molar-refractivity contribution >= 4 is 22.6 Å². The van der Waals surface area contributed by atoms with Crippen LogP contribution >= 0.6 is 0 Å². The molecule has 0 unspecified atom stereocenters. The molecule has 1 N–H and O–H groups in total. The molecule has 0 radical (unpaired) electrons. The van der Waals surface area contributed by atoms with Crippen molar-refractivity contribution in [2.45, 2.75) is 0 Å². The molecule has 4 aromatic rings. The van der Waals surface area contributed by atoms with Gasteiger partial charge >= 0.3 is 0 Å². The fourth-order valence-corrected chi connectivity index (χ4v) is 3.76. The van der Waals surface area contributed by atoms with Crippen LogP contribution in [-0.2, 0) is 0 Å². The lowest BCUT2D eigenvalue weighted by Gasteiger charge is -2.32. The number of piperazine rings is 1. The molecule has 1 amide bonds. The summed E-state index contributed by atoms with van der Waals surface area (Å²) in [4.78, 5) is 32.4. The molecule has 2 aromatic carbocycles. The molecule has 8 nitrogen and oxygen atoms in total. The predicted octanol–water partition coefficient (Wildman–Crippen LogP) is 1.63. The largest absolute Gasteiger partial charge is 0.336 e. The lowest BCUT2D eigenvalue weighted by molar-refractivity contribution is 0.0664. The van der Waals surface area contributed by atoms with E-state index in [1.54, 1.807) is 16.5 Å². The summed E-state index contributed by atoms with van der Waals surface area (Å²) in [6, 6.07) is 14.9. The molecule has 146 valence electrons. The summed E-state index contributed by atoms with van der Waals surface area (Å²) in [5.74, 6) is 0.564. The van der Waals surface area contributed by atoms with Gasteiger partial charge in [0, 0.05) is 37.3 Å².